The molecule has 66 valence electrons. The zero-order chi connectivity index (χ0) is 8.55. The van der Waals surface area contributed by atoms with E-state index in [1.807, 2.05) is 0 Å². The van der Waals surface area contributed by atoms with Crippen molar-refractivity contribution in [2.24, 2.45) is 5.92 Å². The van der Waals surface area contributed by atoms with Gasteiger partial charge < -0.3 is 5.32 Å². The van der Waals surface area contributed by atoms with Crippen LogP contribution in [0.3, 0.4) is 0 Å². The van der Waals surface area contributed by atoms with Crippen LogP contribution in [0.4, 0.5) is 0 Å². The van der Waals surface area contributed by atoms with Crippen LogP contribution in [0.15, 0.2) is 15.2 Å². The molecule has 0 amide bonds. The molecule has 1 aliphatic carbocycles. The van der Waals surface area contributed by atoms with Gasteiger partial charge in [-0.2, -0.15) is 0 Å². The van der Waals surface area contributed by atoms with E-state index in [1.165, 1.54) is 22.2 Å². The van der Waals surface area contributed by atoms with Gasteiger partial charge in [-0.25, -0.2) is 0 Å². The molecular weight excluding hydrogens is 234 g/mol. The minimum absolute atomic E-state index is 0.590. The van der Waals surface area contributed by atoms with E-state index in [1.54, 1.807) is 11.3 Å². The molecule has 12 heavy (non-hydrogen) atoms. The first kappa shape index (κ1) is 8.73. The third-order valence-electron chi connectivity index (χ3n) is 2.35. The molecule has 0 saturated heterocycles. The predicted molar refractivity (Wildman–Crippen MR) is 56.5 cm³/mol. The smallest absolute Gasteiger partial charge is 0.0701 e. The molecule has 1 aromatic rings. The summed E-state index contributed by atoms with van der Waals surface area (Å²) in [7, 11) is 2.05. The Kier molecular flexibility index (Phi) is 2.53. The summed E-state index contributed by atoms with van der Waals surface area (Å²) < 4.78 is 1.23. The van der Waals surface area contributed by atoms with Crippen LogP contribution >= 0.6 is 27.3 Å². The van der Waals surface area contributed by atoms with Crippen molar-refractivity contribution in [3.05, 3.63) is 20.8 Å². The maximum Gasteiger partial charge on any atom is 0.0701 e. The average molecular weight is 246 g/mol. The van der Waals surface area contributed by atoms with Crippen molar-refractivity contribution in [2.75, 3.05) is 7.05 Å². The van der Waals surface area contributed by atoms with Gasteiger partial charge in [0.25, 0.3) is 0 Å². The van der Waals surface area contributed by atoms with Gasteiger partial charge in [-0.15, -0.1) is 11.3 Å². The summed E-state index contributed by atoms with van der Waals surface area (Å²) in [4.78, 5) is 0. The normalized spacial score (nSPS) is 19.5. The molecule has 1 heterocycles. The van der Waals surface area contributed by atoms with E-state index in [4.69, 9.17) is 0 Å². The highest BCUT2D eigenvalue weighted by Crippen LogP contribution is 2.42. The molecule has 0 radical (unpaired) electrons. The highest BCUT2D eigenvalue weighted by Gasteiger charge is 2.31. The average Bonchev–Trinajstić information content (AvgIpc) is 2.78. The highest BCUT2D eigenvalue weighted by molar-refractivity contribution is 9.11. The summed E-state index contributed by atoms with van der Waals surface area (Å²) in [5.41, 5.74) is 1.44. The van der Waals surface area contributed by atoms with E-state index in [9.17, 15) is 0 Å². The second-order valence-electron chi connectivity index (χ2n) is 3.29. The van der Waals surface area contributed by atoms with Gasteiger partial charge in [-0.3, -0.25) is 0 Å². The molecule has 3 heteroatoms. The van der Waals surface area contributed by atoms with Crippen molar-refractivity contribution >= 4 is 27.3 Å². The summed E-state index contributed by atoms with van der Waals surface area (Å²) in [6, 6.07) is 2.82. The Labute approximate surface area is 85.3 Å². The number of thiophene rings is 1. The lowest BCUT2D eigenvalue weighted by Crippen LogP contribution is -2.17. The first-order valence-corrected chi connectivity index (χ1v) is 5.89. The number of hydrogen-bond acceptors (Lipinski definition) is 2. The van der Waals surface area contributed by atoms with Crippen LogP contribution in [0, 0.1) is 5.92 Å². The first-order valence-electron chi connectivity index (χ1n) is 4.22. The van der Waals surface area contributed by atoms with Crippen molar-refractivity contribution in [2.45, 2.75) is 18.9 Å². The molecule has 0 aliphatic heterocycles. The minimum Gasteiger partial charge on any atom is -0.313 e. The van der Waals surface area contributed by atoms with Gasteiger partial charge in [-0.1, -0.05) is 0 Å². The maximum absolute atomic E-state index is 3.49. The molecular formula is C9H12BrNS. The van der Waals surface area contributed by atoms with E-state index in [2.05, 4.69) is 39.7 Å². The zero-order valence-corrected chi connectivity index (χ0v) is 9.41. The van der Waals surface area contributed by atoms with Crippen molar-refractivity contribution < 1.29 is 0 Å². The van der Waals surface area contributed by atoms with Gasteiger partial charge in [0, 0.05) is 6.04 Å². The molecule has 1 aromatic heterocycles. The monoisotopic (exact) mass is 245 g/mol. The zero-order valence-electron chi connectivity index (χ0n) is 7.01. The molecule has 2 rings (SSSR count). The fourth-order valence-corrected chi connectivity index (χ4v) is 2.80. The largest absolute Gasteiger partial charge is 0.313 e. The van der Waals surface area contributed by atoms with E-state index in [0.717, 1.165) is 5.92 Å². The SMILES string of the molecule is CNC(c1csc(Br)c1)C1CC1. The van der Waals surface area contributed by atoms with Crippen molar-refractivity contribution in [1.82, 2.24) is 5.32 Å². The second-order valence-corrected chi connectivity index (χ2v) is 5.58. The van der Waals surface area contributed by atoms with E-state index < -0.39 is 0 Å². The molecule has 0 aromatic carbocycles. The molecule has 0 bridgehead atoms. The molecule has 1 saturated carbocycles. The van der Waals surface area contributed by atoms with Crippen LogP contribution < -0.4 is 5.32 Å². The number of nitrogens with one attached hydrogen (secondary N) is 1. The number of rotatable bonds is 3. The third kappa shape index (κ3) is 1.73. The van der Waals surface area contributed by atoms with Crippen LogP contribution in [0.2, 0.25) is 0 Å². The predicted octanol–water partition coefficient (Wildman–Crippen LogP) is 3.18. The lowest BCUT2D eigenvalue weighted by atomic mass is 10.1. The van der Waals surface area contributed by atoms with E-state index in [0.29, 0.717) is 6.04 Å². The molecule has 1 unspecified atom stereocenters. The number of hydrogen-bond donors (Lipinski definition) is 1. The molecule has 1 N–H and O–H groups in total. The lowest BCUT2D eigenvalue weighted by Gasteiger charge is -2.12. The highest BCUT2D eigenvalue weighted by atomic mass is 79.9. The quantitative estimate of drug-likeness (QED) is 0.863. The fourth-order valence-electron chi connectivity index (χ4n) is 1.59. The van der Waals surface area contributed by atoms with Crippen molar-refractivity contribution in [3.63, 3.8) is 0 Å². The molecule has 1 atom stereocenters. The van der Waals surface area contributed by atoms with Gasteiger partial charge in [0.2, 0.25) is 0 Å². The van der Waals surface area contributed by atoms with Crippen LogP contribution in [0.5, 0.6) is 0 Å². The standard InChI is InChI=1S/C9H12BrNS/c1-11-9(6-2-3-6)7-4-8(10)12-5-7/h4-6,9,11H,2-3H2,1H3. The Morgan fingerprint density at radius 2 is 2.42 bits per heavy atom. The summed E-state index contributed by atoms with van der Waals surface area (Å²) in [5.74, 6) is 0.886. The number of halogens is 1. The van der Waals surface area contributed by atoms with Gasteiger partial charge in [0.15, 0.2) is 0 Å². The summed E-state index contributed by atoms with van der Waals surface area (Å²) in [6.45, 7) is 0. The van der Waals surface area contributed by atoms with Gasteiger partial charge in [-0.05, 0) is 58.7 Å². The minimum atomic E-state index is 0.590. The first-order chi connectivity index (χ1) is 5.81. The Balaban J connectivity index is 2.15. The van der Waals surface area contributed by atoms with Crippen molar-refractivity contribution in [1.29, 1.82) is 0 Å². The second kappa shape index (κ2) is 3.48. The van der Waals surface area contributed by atoms with Crippen LogP contribution in [-0.4, -0.2) is 7.05 Å². The Morgan fingerprint density at radius 1 is 1.67 bits per heavy atom. The molecule has 1 aliphatic rings. The van der Waals surface area contributed by atoms with Crippen LogP contribution in [0.25, 0.3) is 0 Å². The van der Waals surface area contributed by atoms with E-state index in [-0.39, 0.29) is 0 Å². The summed E-state index contributed by atoms with van der Waals surface area (Å²) in [5, 5.41) is 5.62. The Morgan fingerprint density at radius 3 is 2.83 bits per heavy atom. The van der Waals surface area contributed by atoms with Gasteiger partial charge in [0.05, 0.1) is 3.79 Å². The fraction of sp³-hybridized carbons (Fsp3) is 0.556. The van der Waals surface area contributed by atoms with Crippen LogP contribution in [-0.2, 0) is 0 Å². The van der Waals surface area contributed by atoms with Gasteiger partial charge in [0.1, 0.15) is 0 Å². The lowest BCUT2D eigenvalue weighted by molar-refractivity contribution is 0.530. The molecule has 1 fully saturated rings. The van der Waals surface area contributed by atoms with Crippen LogP contribution in [0.1, 0.15) is 24.4 Å². The van der Waals surface area contributed by atoms with E-state index >= 15 is 0 Å². The summed E-state index contributed by atoms with van der Waals surface area (Å²) in [6.07, 6.45) is 2.78. The van der Waals surface area contributed by atoms with Gasteiger partial charge >= 0.3 is 0 Å². The molecule has 0 spiro atoms. The summed E-state index contributed by atoms with van der Waals surface area (Å²) >= 11 is 5.26. The maximum atomic E-state index is 3.49. The molecule has 1 nitrogen and oxygen atoms in total. The Bertz CT molecular complexity index is 267. The topological polar surface area (TPSA) is 12.0 Å². The third-order valence-corrected chi connectivity index (χ3v) is 3.87. The Hall–Kier alpha value is 0.140. The van der Waals surface area contributed by atoms with Crippen molar-refractivity contribution in [3.8, 4) is 0 Å².